The maximum absolute atomic E-state index is 12.1. The van der Waals surface area contributed by atoms with Crippen molar-refractivity contribution in [2.75, 3.05) is 0 Å². The summed E-state index contributed by atoms with van der Waals surface area (Å²) in [5.74, 6) is -0.956. The summed E-state index contributed by atoms with van der Waals surface area (Å²) in [4.78, 5) is 50.8. The Morgan fingerprint density at radius 1 is 0.667 bits per heavy atom. The van der Waals surface area contributed by atoms with Gasteiger partial charge in [0.15, 0.2) is 0 Å². The molecule has 1 aromatic carbocycles. The molecule has 0 aliphatic heterocycles. The third kappa shape index (κ3) is 1.22. The minimum Gasteiger partial charge on any atom is -0.313 e. The molecule has 6 heteroatoms. The smallest absolute Gasteiger partial charge is 0.313 e. The number of fused-ring (bicyclic) bond motifs is 2. The van der Waals surface area contributed by atoms with Crippen LogP contribution in [0.25, 0.3) is 0 Å². The molecule has 1 heterocycles. The van der Waals surface area contributed by atoms with Gasteiger partial charge in [-0.15, -0.1) is 0 Å². The Hall–Kier alpha value is -2.76. The fourth-order valence-electron chi connectivity index (χ4n) is 1.95. The number of H-pyrrole nitrogens is 2. The number of hydrogen-bond donors (Lipinski definition) is 2. The number of carbonyl (C=O) groups is 2. The Kier molecular flexibility index (Phi) is 1.94. The Balaban J connectivity index is 2.41. The number of nitrogens with one attached hydrogen (secondary N) is 2. The van der Waals surface area contributed by atoms with E-state index in [1.807, 2.05) is 0 Å². The lowest BCUT2D eigenvalue weighted by atomic mass is 9.90. The van der Waals surface area contributed by atoms with E-state index in [1.54, 1.807) is 12.1 Å². The highest BCUT2D eigenvalue weighted by molar-refractivity contribution is 6.26. The van der Waals surface area contributed by atoms with Gasteiger partial charge in [-0.1, -0.05) is 24.3 Å². The Morgan fingerprint density at radius 3 is 1.44 bits per heavy atom. The molecule has 0 amide bonds. The number of aromatic amines is 2. The standard InChI is InChI=1S/C12H6N2O4/c15-9-5-3-1-2-4-6(5)10(16)8-7(9)13-11(17)12(18)14-8/h1-4H,(H,13,17)(H,14,18). The molecule has 0 saturated carbocycles. The maximum atomic E-state index is 12.1. The molecule has 0 bridgehead atoms. The summed E-state index contributed by atoms with van der Waals surface area (Å²) in [7, 11) is 0. The zero-order valence-corrected chi connectivity index (χ0v) is 8.94. The molecule has 3 rings (SSSR count). The second kappa shape index (κ2) is 3.36. The first-order chi connectivity index (χ1) is 8.59. The molecule has 18 heavy (non-hydrogen) atoms. The van der Waals surface area contributed by atoms with Crippen molar-refractivity contribution in [2.45, 2.75) is 0 Å². The molecular weight excluding hydrogens is 236 g/mol. The zero-order chi connectivity index (χ0) is 12.9. The molecule has 0 radical (unpaired) electrons. The number of ketones is 2. The first kappa shape index (κ1) is 10.4. The number of hydrogen-bond acceptors (Lipinski definition) is 4. The Bertz CT molecular complexity index is 745. The van der Waals surface area contributed by atoms with E-state index < -0.39 is 22.7 Å². The number of carbonyl (C=O) groups excluding carboxylic acids is 2. The minimum absolute atomic E-state index is 0.164. The van der Waals surface area contributed by atoms with Crippen LogP contribution in [0, 0.1) is 0 Å². The molecule has 1 aliphatic carbocycles. The third-order valence-electron chi connectivity index (χ3n) is 2.80. The minimum atomic E-state index is -0.950. The predicted molar refractivity (Wildman–Crippen MR) is 61.0 cm³/mol. The molecule has 0 unspecified atom stereocenters. The number of benzene rings is 1. The first-order valence-corrected chi connectivity index (χ1v) is 5.14. The van der Waals surface area contributed by atoms with Gasteiger partial charge in [0.2, 0.25) is 11.6 Å². The topological polar surface area (TPSA) is 99.9 Å². The van der Waals surface area contributed by atoms with Crippen molar-refractivity contribution in [2.24, 2.45) is 0 Å². The highest BCUT2D eigenvalue weighted by Gasteiger charge is 2.31. The molecule has 0 saturated heterocycles. The van der Waals surface area contributed by atoms with Gasteiger partial charge >= 0.3 is 11.1 Å². The zero-order valence-electron chi connectivity index (χ0n) is 8.94. The summed E-state index contributed by atoms with van der Waals surface area (Å²) in [5, 5.41) is 0. The number of rotatable bonds is 0. The van der Waals surface area contributed by atoms with E-state index in [9.17, 15) is 19.2 Å². The molecule has 0 atom stereocenters. The second-order valence-electron chi connectivity index (χ2n) is 3.86. The molecule has 1 aromatic heterocycles. The van der Waals surface area contributed by atoms with Crippen molar-refractivity contribution in [3.05, 3.63) is 67.5 Å². The molecule has 2 aromatic rings. The van der Waals surface area contributed by atoms with Crippen LogP contribution in [0.1, 0.15) is 32.1 Å². The largest absolute Gasteiger partial charge is 0.314 e. The van der Waals surface area contributed by atoms with Crippen LogP contribution in [0.2, 0.25) is 0 Å². The van der Waals surface area contributed by atoms with Crippen molar-refractivity contribution in [1.29, 1.82) is 0 Å². The molecule has 2 N–H and O–H groups in total. The van der Waals surface area contributed by atoms with Crippen LogP contribution in [0.4, 0.5) is 0 Å². The van der Waals surface area contributed by atoms with Crippen molar-refractivity contribution in [3.63, 3.8) is 0 Å². The predicted octanol–water partition coefficient (Wildman–Crippen LogP) is -0.161. The van der Waals surface area contributed by atoms with Crippen LogP contribution in [0.5, 0.6) is 0 Å². The average molecular weight is 242 g/mol. The van der Waals surface area contributed by atoms with E-state index in [0.29, 0.717) is 0 Å². The molecular formula is C12H6N2O4. The quantitative estimate of drug-likeness (QED) is 0.535. The van der Waals surface area contributed by atoms with E-state index >= 15 is 0 Å². The normalized spacial score (nSPS) is 13.1. The summed E-state index contributed by atoms with van der Waals surface area (Å²) in [5.41, 5.74) is -1.79. The van der Waals surface area contributed by atoms with Gasteiger partial charge in [0.05, 0.1) is 0 Å². The van der Waals surface area contributed by atoms with Crippen LogP contribution in [-0.2, 0) is 0 Å². The molecule has 0 fully saturated rings. The monoisotopic (exact) mass is 242 g/mol. The third-order valence-corrected chi connectivity index (χ3v) is 2.80. The van der Waals surface area contributed by atoms with Crippen LogP contribution in [0.3, 0.4) is 0 Å². The fraction of sp³-hybridized carbons (Fsp3) is 0. The SMILES string of the molecule is O=C1c2ccccc2C(=O)c2[nH]c(=O)c(=O)[nH]c21. The molecule has 0 spiro atoms. The van der Waals surface area contributed by atoms with Crippen LogP contribution >= 0.6 is 0 Å². The van der Waals surface area contributed by atoms with Crippen molar-refractivity contribution < 1.29 is 9.59 Å². The summed E-state index contributed by atoms with van der Waals surface area (Å²) >= 11 is 0. The summed E-state index contributed by atoms with van der Waals surface area (Å²) < 4.78 is 0. The van der Waals surface area contributed by atoms with Crippen LogP contribution in [-0.4, -0.2) is 21.5 Å². The van der Waals surface area contributed by atoms with Gasteiger partial charge in [0.25, 0.3) is 0 Å². The first-order valence-electron chi connectivity index (χ1n) is 5.14. The lowest BCUT2D eigenvalue weighted by Crippen LogP contribution is -2.37. The van der Waals surface area contributed by atoms with E-state index in [0.717, 1.165) is 0 Å². The van der Waals surface area contributed by atoms with E-state index in [2.05, 4.69) is 9.97 Å². The van der Waals surface area contributed by atoms with E-state index in [1.165, 1.54) is 12.1 Å². The van der Waals surface area contributed by atoms with Crippen LogP contribution in [0.15, 0.2) is 33.9 Å². The van der Waals surface area contributed by atoms with Gasteiger partial charge in [0.1, 0.15) is 11.4 Å². The molecule has 6 nitrogen and oxygen atoms in total. The molecule has 1 aliphatic rings. The van der Waals surface area contributed by atoms with Gasteiger partial charge in [-0.05, 0) is 0 Å². The van der Waals surface area contributed by atoms with Gasteiger partial charge in [-0.25, -0.2) is 0 Å². The highest BCUT2D eigenvalue weighted by Crippen LogP contribution is 2.22. The number of aromatic nitrogens is 2. The average Bonchev–Trinajstić information content (AvgIpc) is 2.38. The Morgan fingerprint density at radius 2 is 1.06 bits per heavy atom. The van der Waals surface area contributed by atoms with Gasteiger partial charge < -0.3 is 9.97 Å². The van der Waals surface area contributed by atoms with Crippen molar-refractivity contribution in [1.82, 2.24) is 9.97 Å². The highest BCUT2D eigenvalue weighted by atomic mass is 16.2. The lowest BCUT2D eigenvalue weighted by molar-refractivity contribution is 0.0971. The van der Waals surface area contributed by atoms with Gasteiger partial charge in [-0.3, -0.25) is 19.2 Å². The second-order valence-corrected chi connectivity index (χ2v) is 3.86. The van der Waals surface area contributed by atoms with Crippen LogP contribution < -0.4 is 11.1 Å². The fourth-order valence-corrected chi connectivity index (χ4v) is 1.95. The van der Waals surface area contributed by atoms with Gasteiger partial charge in [-0.2, -0.15) is 0 Å². The summed E-state index contributed by atoms with van der Waals surface area (Å²) in [6.45, 7) is 0. The lowest BCUT2D eigenvalue weighted by Gasteiger charge is -2.15. The van der Waals surface area contributed by atoms with Crippen molar-refractivity contribution >= 4 is 11.6 Å². The Labute approximate surface area is 99.3 Å². The molecule has 88 valence electrons. The van der Waals surface area contributed by atoms with Crippen molar-refractivity contribution in [3.8, 4) is 0 Å². The summed E-state index contributed by atoms with van der Waals surface area (Å²) in [6.07, 6.45) is 0. The maximum Gasteiger partial charge on any atom is 0.314 e. The van der Waals surface area contributed by atoms with Gasteiger partial charge in [0, 0.05) is 11.1 Å². The summed E-state index contributed by atoms with van der Waals surface area (Å²) in [6, 6.07) is 6.25. The van der Waals surface area contributed by atoms with E-state index in [4.69, 9.17) is 0 Å². The van der Waals surface area contributed by atoms with E-state index in [-0.39, 0.29) is 22.5 Å².